The molecule has 1 unspecified atom stereocenters. The minimum Gasteiger partial charge on any atom is -0.396 e. The van der Waals surface area contributed by atoms with E-state index in [1.54, 1.807) is 0 Å². The van der Waals surface area contributed by atoms with Crippen LogP contribution in [0.3, 0.4) is 0 Å². The maximum Gasteiger partial charge on any atom is 0.257 e. The van der Waals surface area contributed by atoms with Gasteiger partial charge in [0.2, 0.25) is 0 Å². The second kappa shape index (κ2) is 5.72. The van der Waals surface area contributed by atoms with E-state index in [2.05, 4.69) is 10.1 Å². The van der Waals surface area contributed by atoms with Crippen molar-refractivity contribution < 1.29 is 19.8 Å². The second-order valence-corrected chi connectivity index (χ2v) is 3.94. The van der Waals surface area contributed by atoms with Crippen molar-refractivity contribution in [3.05, 3.63) is 36.2 Å². The number of aromatic nitrogens is 2. The van der Waals surface area contributed by atoms with Crippen molar-refractivity contribution in [2.75, 3.05) is 6.61 Å². The first kappa shape index (κ1) is 12.7. The van der Waals surface area contributed by atoms with Gasteiger partial charge in [0.1, 0.15) is 0 Å². The third kappa shape index (κ3) is 2.92. The Balaban J connectivity index is 2.11. The van der Waals surface area contributed by atoms with Crippen molar-refractivity contribution in [1.29, 1.82) is 0 Å². The molecule has 2 aromatic rings. The number of benzene rings is 1. The lowest BCUT2D eigenvalue weighted by Crippen LogP contribution is -2.25. The fraction of sp³-hybridized carbons (Fsp3) is 0.333. The molecule has 18 heavy (non-hydrogen) atoms. The third-order valence-corrected chi connectivity index (χ3v) is 2.59. The molecule has 6 heteroatoms. The molecule has 1 aromatic heterocycles. The van der Waals surface area contributed by atoms with Crippen LogP contribution in [0.1, 0.15) is 5.82 Å². The van der Waals surface area contributed by atoms with E-state index in [-0.39, 0.29) is 13.0 Å². The standard InChI is InChI=1S/C12H14N2O4/c15-7-9(12(16)17)6-10-13-11(18-14-10)8-4-2-1-3-5-8/h1-5,9,12,15-17H,6-7H2. The van der Waals surface area contributed by atoms with E-state index in [1.165, 1.54) is 0 Å². The highest BCUT2D eigenvalue weighted by Gasteiger charge is 2.19. The molecule has 0 saturated heterocycles. The van der Waals surface area contributed by atoms with Crippen LogP contribution in [0.2, 0.25) is 0 Å². The lowest BCUT2D eigenvalue weighted by molar-refractivity contribution is -0.0965. The van der Waals surface area contributed by atoms with Crippen LogP contribution in [0, 0.1) is 5.92 Å². The Morgan fingerprint density at radius 1 is 1.17 bits per heavy atom. The molecule has 1 aromatic carbocycles. The van der Waals surface area contributed by atoms with Gasteiger partial charge in [-0.15, -0.1) is 0 Å². The Labute approximate surface area is 104 Å². The van der Waals surface area contributed by atoms with Crippen LogP contribution < -0.4 is 0 Å². The molecule has 0 aliphatic rings. The van der Waals surface area contributed by atoms with E-state index in [0.29, 0.717) is 11.7 Å². The highest BCUT2D eigenvalue weighted by atomic mass is 16.5. The van der Waals surface area contributed by atoms with Crippen LogP contribution in [0.15, 0.2) is 34.9 Å². The van der Waals surface area contributed by atoms with Crippen molar-refractivity contribution in [2.45, 2.75) is 12.7 Å². The molecule has 2 rings (SSSR count). The molecule has 96 valence electrons. The fourth-order valence-electron chi connectivity index (χ4n) is 1.53. The lowest BCUT2D eigenvalue weighted by atomic mass is 10.1. The van der Waals surface area contributed by atoms with Crippen molar-refractivity contribution in [1.82, 2.24) is 10.1 Å². The van der Waals surface area contributed by atoms with Gasteiger partial charge in [0, 0.05) is 17.9 Å². The van der Waals surface area contributed by atoms with Gasteiger partial charge in [-0.3, -0.25) is 0 Å². The SMILES string of the molecule is OCC(Cc1noc(-c2ccccc2)n1)C(O)O. The van der Waals surface area contributed by atoms with Gasteiger partial charge in [-0.05, 0) is 12.1 Å². The van der Waals surface area contributed by atoms with Crippen molar-refractivity contribution in [3.63, 3.8) is 0 Å². The van der Waals surface area contributed by atoms with Crippen LogP contribution in [0.5, 0.6) is 0 Å². The van der Waals surface area contributed by atoms with E-state index >= 15 is 0 Å². The highest BCUT2D eigenvalue weighted by molar-refractivity contribution is 5.51. The van der Waals surface area contributed by atoms with E-state index in [1.807, 2.05) is 30.3 Å². The van der Waals surface area contributed by atoms with Crippen LogP contribution in [-0.2, 0) is 6.42 Å². The van der Waals surface area contributed by atoms with E-state index < -0.39 is 12.2 Å². The largest absolute Gasteiger partial charge is 0.396 e. The molecule has 0 saturated carbocycles. The number of aliphatic hydroxyl groups excluding tert-OH is 2. The van der Waals surface area contributed by atoms with Crippen molar-refractivity contribution in [3.8, 4) is 11.5 Å². The van der Waals surface area contributed by atoms with Crippen molar-refractivity contribution >= 4 is 0 Å². The van der Waals surface area contributed by atoms with E-state index in [9.17, 15) is 0 Å². The Morgan fingerprint density at radius 3 is 2.50 bits per heavy atom. The molecule has 0 aliphatic carbocycles. The predicted molar refractivity (Wildman–Crippen MR) is 62.2 cm³/mol. The normalized spacial score (nSPS) is 12.9. The van der Waals surface area contributed by atoms with Gasteiger partial charge in [0.05, 0.1) is 6.61 Å². The molecule has 0 fully saturated rings. The monoisotopic (exact) mass is 250 g/mol. The Morgan fingerprint density at radius 2 is 1.89 bits per heavy atom. The van der Waals surface area contributed by atoms with Gasteiger partial charge in [-0.25, -0.2) is 0 Å². The smallest absolute Gasteiger partial charge is 0.257 e. The van der Waals surface area contributed by atoms with E-state index in [0.717, 1.165) is 5.56 Å². The first-order valence-electron chi connectivity index (χ1n) is 5.55. The summed E-state index contributed by atoms with van der Waals surface area (Å²) in [5, 5.41) is 30.7. The Kier molecular flexibility index (Phi) is 4.03. The zero-order chi connectivity index (χ0) is 13.0. The minimum absolute atomic E-state index is 0.143. The summed E-state index contributed by atoms with van der Waals surface area (Å²) in [7, 11) is 0. The quantitative estimate of drug-likeness (QED) is 0.655. The van der Waals surface area contributed by atoms with E-state index in [4.69, 9.17) is 19.8 Å². The first-order valence-corrected chi connectivity index (χ1v) is 5.55. The van der Waals surface area contributed by atoms with Gasteiger partial charge >= 0.3 is 0 Å². The third-order valence-electron chi connectivity index (χ3n) is 2.59. The summed E-state index contributed by atoms with van der Waals surface area (Å²) in [6.45, 7) is -0.354. The average Bonchev–Trinajstić information content (AvgIpc) is 2.85. The minimum atomic E-state index is -1.60. The zero-order valence-electron chi connectivity index (χ0n) is 9.60. The molecular weight excluding hydrogens is 236 g/mol. The average molecular weight is 250 g/mol. The van der Waals surface area contributed by atoms with Crippen LogP contribution >= 0.6 is 0 Å². The van der Waals surface area contributed by atoms with Crippen molar-refractivity contribution in [2.24, 2.45) is 5.92 Å². The summed E-state index contributed by atoms with van der Waals surface area (Å²) in [5.74, 6) is -0.0121. The number of nitrogens with zero attached hydrogens (tertiary/aromatic N) is 2. The molecule has 0 amide bonds. The Hall–Kier alpha value is -1.76. The van der Waals surface area contributed by atoms with Gasteiger partial charge in [0.15, 0.2) is 12.1 Å². The maximum absolute atomic E-state index is 9.01. The fourth-order valence-corrected chi connectivity index (χ4v) is 1.53. The molecular formula is C12H14N2O4. The number of hydrogen-bond acceptors (Lipinski definition) is 6. The van der Waals surface area contributed by atoms with Gasteiger partial charge in [-0.2, -0.15) is 4.98 Å². The second-order valence-electron chi connectivity index (χ2n) is 3.94. The summed E-state index contributed by atoms with van der Waals surface area (Å²) in [5.41, 5.74) is 0.793. The van der Waals surface area contributed by atoms with Crippen LogP contribution in [-0.4, -0.2) is 38.4 Å². The molecule has 0 aliphatic heterocycles. The van der Waals surface area contributed by atoms with Gasteiger partial charge in [-0.1, -0.05) is 23.4 Å². The number of hydrogen-bond donors (Lipinski definition) is 3. The Bertz CT molecular complexity index is 484. The zero-order valence-corrected chi connectivity index (χ0v) is 9.60. The van der Waals surface area contributed by atoms with Crippen LogP contribution in [0.4, 0.5) is 0 Å². The topological polar surface area (TPSA) is 99.6 Å². The molecule has 3 N–H and O–H groups in total. The van der Waals surface area contributed by atoms with Gasteiger partial charge in [0.25, 0.3) is 5.89 Å². The summed E-state index contributed by atoms with van der Waals surface area (Å²) >= 11 is 0. The summed E-state index contributed by atoms with van der Waals surface area (Å²) in [4.78, 5) is 4.14. The molecule has 6 nitrogen and oxygen atoms in total. The number of aliphatic hydroxyl groups is 3. The van der Waals surface area contributed by atoms with Crippen LogP contribution in [0.25, 0.3) is 11.5 Å². The molecule has 0 radical (unpaired) electrons. The predicted octanol–water partition coefficient (Wildman–Crippen LogP) is 0.198. The molecule has 0 bridgehead atoms. The summed E-state index contributed by atoms with van der Waals surface area (Å²) < 4.78 is 5.07. The number of rotatable bonds is 5. The summed E-state index contributed by atoms with van der Waals surface area (Å²) in [6.07, 6.45) is -1.46. The first-order chi connectivity index (χ1) is 8.70. The van der Waals surface area contributed by atoms with Gasteiger partial charge < -0.3 is 19.8 Å². The molecule has 1 atom stereocenters. The molecule has 0 spiro atoms. The maximum atomic E-state index is 9.01. The highest BCUT2D eigenvalue weighted by Crippen LogP contribution is 2.17. The lowest BCUT2D eigenvalue weighted by Gasteiger charge is -2.13. The molecule has 1 heterocycles. The summed E-state index contributed by atoms with van der Waals surface area (Å²) in [6, 6.07) is 9.26.